The molecule has 0 bridgehead atoms. The van der Waals surface area contributed by atoms with E-state index < -0.39 is 35.0 Å². The summed E-state index contributed by atoms with van der Waals surface area (Å²) >= 11 is 0. The summed E-state index contributed by atoms with van der Waals surface area (Å²) in [4.78, 5) is 11.0. The van der Waals surface area contributed by atoms with Crippen LogP contribution in [0, 0.1) is 11.6 Å². The van der Waals surface area contributed by atoms with Gasteiger partial charge in [0.2, 0.25) is 0 Å². The molecule has 16 heavy (non-hydrogen) atoms. The number of ether oxygens (including phenoxy) is 2. The van der Waals surface area contributed by atoms with Gasteiger partial charge in [-0.1, -0.05) is 0 Å². The molecule has 0 fully saturated rings. The molecule has 0 radical (unpaired) electrons. The van der Waals surface area contributed by atoms with Crippen LogP contribution in [-0.4, -0.2) is 25.3 Å². The van der Waals surface area contributed by atoms with E-state index in [0.29, 0.717) is 0 Å². The second kappa shape index (κ2) is 4.89. The third-order valence-electron chi connectivity index (χ3n) is 2.00. The fourth-order valence-electron chi connectivity index (χ4n) is 1.24. The first-order valence-electron chi connectivity index (χ1n) is 4.30. The number of hydrogen-bond donors (Lipinski definition) is 1. The normalized spacial score (nSPS) is 12.1. The maximum atomic E-state index is 13.3. The molecule has 4 nitrogen and oxygen atoms in total. The van der Waals surface area contributed by atoms with Crippen molar-refractivity contribution in [3.63, 3.8) is 0 Å². The molecule has 0 spiro atoms. The monoisotopic (exact) mass is 232 g/mol. The molecule has 0 saturated heterocycles. The van der Waals surface area contributed by atoms with Crippen LogP contribution in [0.5, 0.6) is 5.75 Å². The van der Waals surface area contributed by atoms with Gasteiger partial charge in [0.1, 0.15) is 5.82 Å². The van der Waals surface area contributed by atoms with E-state index in [1.54, 1.807) is 0 Å². The molecular weight excluding hydrogens is 222 g/mol. The fourth-order valence-corrected chi connectivity index (χ4v) is 1.24. The molecule has 1 aromatic carbocycles. The van der Waals surface area contributed by atoms with Crippen LogP contribution in [0.1, 0.15) is 11.7 Å². The Balaban J connectivity index is 3.30. The van der Waals surface area contributed by atoms with Gasteiger partial charge in [-0.15, -0.1) is 0 Å². The number of aliphatic hydroxyl groups excluding tert-OH is 1. The second-order valence-corrected chi connectivity index (χ2v) is 2.90. The van der Waals surface area contributed by atoms with Crippen molar-refractivity contribution in [2.45, 2.75) is 6.10 Å². The highest BCUT2D eigenvalue weighted by Crippen LogP contribution is 2.31. The summed E-state index contributed by atoms with van der Waals surface area (Å²) < 4.78 is 35.4. The van der Waals surface area contributed by atoms with Crippen molar-refractivity contribution in [2.24, 2.45) is 0 Å². The van der Waals surface area contributed by atoms with Crippen molar-refractivity contribution in [3.8, 4) is 5.75 Å². The summed E-state index contributed by atoms with van der Waals surface area (Å²) in [5, 5.41) is 9.45. The van der Waals surface area contributed by atoms with E-state index in [0.717, 1.165) is 26.4 Å². The molecule has 0 amide bonds. The van der Waals surface area contributed by atoms with Crippen molar-refractivity contribution in [1.82, 2.24) is 0 Å². The molecule has 1 unspecified atom stereocenters. The topological polar surface area (TPSA) is 55.8 Å². The van der Waals surface area contributed by atoms with Gasteiger partial charge >= 0.3 is 5.97 Å². The van der Waals surface area contributed by atoms with E-state index >= 15 is 0 Å². The molecule has 0 aliphatic carbocycles. The number of esters is 1. The highest BCUT2D eigenvalue weighted by molar-refractivity contribution is 5.77. The number of carbonyl (C=O) groups is 1. The number of carbonyl (C=O) groups excluding carboxylic acids is 1. The van der Waals surface area contributed by atoms with E-state index in [-0.39, 0.29) is 0 Å². The molecule has 6 heteroatoms. The van der Waals surface area contributed by atoms with E-state index in [2.05, 4.69) is 9.47 Å². The highest BCUT2D eigenvalue weighted by atomic mass is 19.1. The van der Waals surface area contributed by atoms with Crippen molar-refractivity contribution < 1.29 is 28.2 Å². The molecule has 0 heterocycles. The number of aliphatic hydroxyl groups is 1. The van der Waals surface area contributed by atoms with Crippen LogP contribution in [0.15, 0.2) is 12.1 Å². The van der Waals surface area contributed by atoms with Crippen LogP contribution in [0.4, 0.5) is 8.78 Å². The van der Waals surface area contributed by atoms with E-state index in [4.69, 9.17) is 0 Å². The molecule has 0 aromatic heterocycles. The summed E-state index contributed by atoms with van der Waals surface area (Å²) in [6, 6.07) is 1.63. The van der Waals surface area contributed by atoms with Crippen LogP contribution in [-0.2, 0) is 9.53 Å². The molecule has 1 atom stereocenters. The fraction of sp³-hybridized carbons (Fsp3) is 0.300. The quantitative estimate of drug-likeness (QED) is 0.795. The Morgan fingerprint density at radius 1 is 1.31 bits per heavy atom. The first kappa shape index (κ1) is 12.4. The van der Waals surface area contributed by atoms with E-state index in [1.807, 2.05) is 0 Å². The SMILES string of the molecule is COC(=O)C(O)c1c(F)ccc(F)c1OC. The average molecular weight is 232 g/mol. The van der Waals surface area contributed by atoms with Crippen LogP contribution >= 0.6 is 0 Å². The Labute approximate surface area is 90.4 Å². The lowest BCUT2D eigenvalue weighted by atomic mass is 10.1. The zero-order valence-corrected chi connectivity index (χ0v) is 8.66. The Morgan fingerprint density at radius 3 is 2.38 bits per heavy atom. The molecule has 1 N–H and O–H groups in total. The first-order chi connectivity index (χ1) is 7.52. The van der Waals surface area contributed by atoms with E-state index in [9.17, 15) is 18.7 Å². The van der Waals surface area contributed by atoms with Gasteiger partial charge in [-0.05, 0) is 12.1 Å². The third-order valence-corrected chi connectivity index (χ3v) is 2.00. The predicted molar refractivity (Wildman–Crippen MR) is 49.9 cm³/mol. The van der Waals surface area contributed by atoms with Crippen LogP contribution in [0.3, 0.4) is 0 Å². The summed E-state index contributed by atoms with van der Waals surface area (Å²) in [6.07, 6.45) is -1.92. The predicted octanol–water partition coefficient (Wildman–Crippen LogP) is 1.18. The maximum absolute atomic E-state index is 13.3. The molecule has 0 saturated carbocycles. The van der Waals surface area contributed by atoms with Gasteiger partial charge in [0.05, 0.1) is 19.8 Å². The number of benzene rings is 1. The zero-order chi connectivity index (χ0) is 12.3. The molecule has 0 aliphatic heterocycles. The zero-order valence-electron chi connectivity index (χ0n) is 8.66. The lowest BCUT2D eigenvalue weighted by Crippen LogP contribution is -2.16. The Morgan fingerprint density at radius 2 is 1.88 bits per heavy atom. The average Bonchev–Trinajstić information content (AvgIpc) is 2.29. The van der Waals surface area contributed by atoms with Gasteiger partial charge in [0.15, 0.2) is 17.7 Å². The minimum atomic E-state index is -1.92. The lowest BCUT2D eigenvalue weighted by molar-refractivity contribution is -0.151. The summed E-state index contributed by atoms with van der Waals surface area (Å²) in [7, 11) is 2.13. The van der Waals surface area contributed by atoms with Gasteiger partial charge in [0.25, 0.3) is 0 Å². The summed E-state index contributed by atoms with van der Waals surface area (Å²) in [5.41, 5.74) is -0.575. The number of methoxy groups -OCH3 is 2. The van der Waals surface area contributed by atoms with Gasteiger partial charge in [-0.3, -0.25) is 0 Å². The molecule has 1 rings (SSSR count). The molecule has 88 valence electrons. The van der Waals surface area contributed by atoms with Crippen molar-refractivity contribution in [1.29, 1.82) is 0 Å². The molecule has 0 aliphatic rings. The van der Waals surface area contributed by atoms with Crippen LogP contribution in [0.25, 0.3) is 0 Å². The minimum Gasteiger partial charge on any atom is -0.493 e. The highest BCUT2D eigenvalue weighted by Gasteiger charge is 2.27. The lowest BCUT2D eigenvalue weighted by Gasteiger charge is -2.14. The summed E-state index contributed by atoms with van der Waals surface area (Å²) in [5.74, 6) is -3.43. The number of halogens is 2. The van der Waals surface area contributed by atoms with Gasteiger partial charge in [-0.2, -0.15) is 0 Å². The van der Waals surface area contributed by atoms with Gasteiger partial charge < -0.3 is 14.6 Å². The van der Waals surface area contributed by atoms with Crippen molar-refractivity contribution in [2.75, 3.05) is 14.2 Å². The van der Waals surface area contributed by atoms with Gasteiger partial charge in [-0.25, -0.2) is 13.6 Å². The largest absolute Gasteiger partial charge is 0.493 e. The van der Waals surface area contributed by atoms with Crippen LogP contribution < -0.4 is 4.74 Å². The van der Waals surface area contributed by atoms with Crippen molar-refractivity contribution >= 4 is 5.97 Å². The molecular formula is C10H10F2O4. The number of hydrogen-bond acceptors (Lipinski definition) is 4. The Bertz CT molecular complexity index is 406. The number of rotatable bonds is 3. The first-order valence-corrected chi connectivity index (χ1v) is 4.30. The van der Waals surface area contributed by atoms with Gasteiger partial charge in [0, 0.05) is 0 Å². The standard InChI is InChI=1S/C10H10F2O4/c1-15-9-6(12)4-3-5(11)7(9)8(13)10(14)16-2/h3-4,8,13H,1-2H3. The van der Waals surface area contributed by atoms with Crippen molar-refractivity contribution in [3.05, 3.63) is 29.3 Å². The Kier molecular flexibility index (Phi) is 3.78. The minimum absolute atomic E-state index is 0.516. The van der Waals surface area contributed by atoms with Crippen LogP contribution in [0.2, 0.25) is 0 Å². The Hall–Kier alpha value is -1.69. The molecule has 1 aromatic rings. The summed E-state index contributed by atoms with van der Waals surface area (Å²) in [6.45, 7) is 0. The van der Waals surface area contributed by atoms with E-state index in [1.165, 1.54) is 0 Å². The second-order valence-electron chi connectivity index (χ2n) is 2.90. The maximum Gasteiger partial charge on any atom is 0.339 e. The smallest absolute Gasteiger partial charge is 0.339 e. The third kappa shape index (κ3) is 2.11.